The summed E-state index contributed by atoms with van der Waals surface area (Å²) in [7, 11) is 0. The van der Waals surface area contributed by atoms with E-state index in [0.29, 0.717) is 18.3 Å². The molecule has 0 spiro atoms. The Morgan fingerprint density at radius 2 is 1.92 bits per heavy atom. The van der Waals surface area contributed by atoms with E-state index in [0.717, 1.165) is 18.6 Å². The Labute approximate surface area is 145 Å². The van der Waals surface area contributed by atoms with Crippen LogP contribution in [0.3, 0.4) is 0 Å². The summed E-state index contributed by atoms with van der Waals surface area (Å²) in [6.07, 6.45) is 14.3. The Morgan fingerprint density at radius 1 is 1.12 bits per heavy atom. The minimum absolute atomic E-state index is 0.253. The van der Waals surface area contributed by atoms with Gasteiger partial charge in [-0.1, -0.05) is 38.8 Å². The van der Waals surface area contributed by atoms with Gasteiger partial charge in [0.2, 0.25) is 0 Å². The van der Waals surface area contributed by atoms with E-state index in [9.17, 15) is 15.3 Å². The van der Waals surface area contributed by atoms with Crippen molar-refractivity contribution in [1.82, 2.24) is 0 Å². The number of allylic oxidation sites excluding steroid dienone is 1. The van der Waals surface area contributed by atoms with Crippen LogP contribution in [0.25, 0.3) is 0 Å². The molecular weight excluding hydrogens is 300 g/mol. The molecule has 24 heavy (non-hydrogen) atoms. The number of hydrogen-bond donors (Lipinski definition) is 3. The first-order valence-electron chi connectivity index (χ1n) is 9.77. The van der Waals surface area contributed by atoms with Crippen molar-refractivity contribution in [3.8, 4) is 0 Å². The van der Waals surface area contributed by atoms with Crippen LogP contribution in [0.5, 0.6) is 0 Å². The van der Waals surface area contributed by atoms with Crippen LogP contribution >= 0.6 is 0 Å². The van der Waals surface area contributed by atoms with Crippen LogP contribution in [0, 0.1) is 34.5 Å². The molecule has 3 fully saturated rings. The lowest BCUT2D eigenvalue weighted by Crippen LogP contribution is -2.61. The predicted octanol–water partition coefficient (Wildman–Crippen LogP) is 3.97. The van der Waals surface area contributed by atoms with Gasteiger partial charge >= 0.3 is 0 Å². The van der Waals surface area contributed by atoms with E-state index in [-0.39, 0.29) is 17.4 Å². The molecule has 0 amide bonds. The molecule has 4 aliphatic rings. The molecule has 3 N–H and O–H groups in total. The van der Waals surface area contributed by atoms with Gasteiger partial charge in [-0.2, -0.15) is 0 Å². The van der Waals surface area contributed by atoms with Crippen molar-refractivity contribution in [2.75, 3.05) is 0 Å². The lowest BCUT2D eigenvalue weighted by atomic mass is 9.43. The summed E-state index contributed by atoms with van der Waals surface area (Å²) in [5.41, 5.74) is -1.32. The van der Waals surface area contributed by atoms with Gasteiger partial charge in [0.25, 0.3) is 0 Å². The van der Waals surface area contributed by atoms with E-state index in [1.54, 1.807) is 0 Å². The van der Waals surface area contributed by atoms with Crippen molar-refractivity contribution in [3.63, 3.8) is 0 Å². The van der Waals surface area contributed by atoms with Gasteiger partial charge in [-0.3, -0.25) is 0 Å². The number of aliphatic hydroxyl groups excluding tert-OH is 2. The van der Waals surface area contributed by atoms with Crippen molar-refractivity contribution >= 4 is 0 Å². The first-order chi connectivity index (χ1) is 11.4. The number of aliphatic hydroxyl groups is 3. The van der Waals surface area contributed by atoms with Crippen molar-refractivity contribution in [1.29, 1.82) is 0 Å². The van der Waals surface area contributed by atoms with Gasteiger partial charge in [-0.15, -0.1) is 0 Å². The molecule has 3 saturated carbocycles. The van der Waals surface area contributed by atoms with Gasteiger partial charge < -0.3 is 15.3 Å². The molecule has 134 valence electrons. The van der Waals surface area contributed by atoms with E-state index in [1.807, 2.05) is 6.08 Å². The molecule has 4 aliphatic carbocycles. The molecule has 0 bridgehead atoms. The van der Waals surface area contributed by atoms with Crippen molar-refractivity contribution in [2.45, 2.75) is 70.5 Å². The van der Waals surface area contributed by atoms with Crippen LogP contribution < -0.4 is 0 Å². The average Bonchev–Trinajstić information content (AvgIpc) is 2.78. The first-order valence-corrected chi connectivity index (χ1v) is 9.77. The molecule has 0 aliphatic heterocycles. The molecule has 0 radical (unpaired) electrons. The highest BCUT2D eigenvalue weighted by molar-refractivity contribution is 5.32. The van der Waals surface area contributed by atoms with E-state index in [4.69, 9.17) is 0 Å². The van der Waals surface area contributed by atoms with Crippen LogP contribution in [0.4, 0.5) is 0 Å². The number of fused-ring (bicyclic) bond motifs is 5. The molecule has 0 heterocycles. The SMILES string of the molecule is C[C@]12CCCCC1CC[C@@H]1[C@@H]2C(O)C[C@@]2(C)[C@H]1C=C[C@]2(O)C=CO. The van der Waals surface area contributed by atoms with E-state index in [1.165, 1.54) is 38.2 Å². The summed E-state index contributed by atoms with van der Waals surface area (Å²) in [6.45, 7) is 4.52. The lowest BCUT2D eigenvalue weighted by molar-refractivity contribution is -0.181. The zero-order valence-corrected chi connectivity index (χ0v) is 15.0. The lowest BCUT2D eigenvalue weighted by Gasteiger charge is -2.62. The van der Waals surface area contributed by atoms with Gasteiger partial charge in [0.05, 0.1) is 12.4 Å². The Bertz CT molecular complexity index is 569. The number of hydrogen-bond acceptors (Lipinski definition) is 3. The maximum Gasteiger partial charge on any atom is 0.110 e. The monoisotopic (exact) mass is 332 g/mol. The second-order valence-electron chi connectivity index (χ2n) is 9.43. The molecule has 2 unspecified atom stereocenters. The summed E-state index contributed by atoms with van der Waals surface area (Å²) in [5, 5.41) is 31.6. The summed E-state index contributed by atoms with van der Waals surface area (Å²) >= 11 is 0. The fraction of sp³-hybridized carbons (Fsp3) is 0.810. The summed E-state index contributed by atoms with van der Waals surface area (Å²) < 4.78 is 0. The predicted molar refractivity (Wildman–Crippen MR) is 94.4 cm³/mol. The largest absolute Gasteiger partial charge is 0.516 e. The second-order valence-corrected chi connectivity index (χ2v) is 9.43. The van der Waals surface area contributed by atoms with Crippen LogP contribution in [-0.2, 0) is 0 Å². The smallest absolute Gasteiger partial charge is 0.110 e. The molecule has 0 saturated heterocycles. The van der Waals surface area contributed by atoms with E-state index in [2.05, 4.69) is 19.9 Å². The first kappa shape index (κ1) is 16.7. The van der Waals surface area contributed by atoms with Crippen LogP contribution in [-0.4, -0.2) is 27.0 Å². The van der Waals surface area contributed by atoms with Gasteiger partial charge in [0.15, 0.2) is 0 Å². The highest BCUT2D eigenvalue weighted by Gasteiger charge is 2.64. The second kappa shape index (κ2) is 5.35. The highest BCUT2D eigenvalue weighted by atomic mass is 16.3. The Kier molecular flexibility index (Phi) is 3.71. The third-order valence-corrected chi connectivity index (χ3v) is 8.57. The fourth-order valence-electron chi connectivity index (χ4n) is 7.29. The third kappa shape index (κ3) is 1.97. The fourth-order valence-corrected chi connectivity index (χ4v) is 7.29. The standard InChI is InChI=1S/C21H32O3/c1-19-9-4-3-5-14(19)6-7-15-16-8-10-21(24,11-12-22)20(16,2)13-17(23)18(15)19/h8,10-12,14-18,22-24H,3-7,9,13H2,1-2H3/t14?,15-,16-,17?,18+,19-,20-,21-/m0/s1. The van der Waals surface area contributed by atoms with Gasteiger partial charge in [-0.05, 0) is 67.3 Å². The Hall–Kier alpha value is -0.800. The van der Waals surface area contributed by atoms with Crippen LogP contribution in [0.2, 0.25) is 0 Å². The molecule has 3 heteroatoms. The average molecular weight is 332 g/mol. The molecule has 0 aromatic heterocycles. The molecule has 3 nitrogen and oxygen atoms in total. The van der Waals surface area contributed by atoms with E-state index >= 15 is 0 Å². The van der Waals surface area contributed by atoms with Crippen LogP contribution in [0.1, 0.15) is 58.8 Å². The minimum atomic E-state index is -1.15. The van der Waals surface area contributed by atoms with Gasteiger partial charge in [0.1, 0.15) is 5.60 Å². The quantitative estimate of drug-likeness (QED) is 0.503. The Balaban J connectivity index is 1.72. The molecular formula is C21H32O3. The van der Waals surface area contributed by atoms with Crippen molar-refractivity contribution in [2.24, 2.45) is 34.5 Å². The molecule has 0 aromatic rings. The normalized spacial score (nSPS) is 56.8. The molecule has 4 rings (SSSR count). The highest BCUT2D eigenvalue weighted by Crippen LogP contribution is 2.66. The summed E-state index contributed by atoms with van der Waals surface area (Å²) in [5.74, 6) is 1.83. The maximum atomic E-state index is 11.2. The molecule has 8 atom stereocenters. The summed E-state index contributed by atoms with van der Waals surface area (Å²) in [6, 6.07) is 0. The van der Waals surface area contributed by atoms with Gasteiger partial charge in [0, 0.05) is 5.41 Å². The van der Waals surface area contributed by atoms with E-state index < -0.39 is 11.0 Å². The maximum absolute atomic E-state index is 11.2. The van der Waals surface area contributed by atoms with Gasteiger partial charge in [-0.25, -0.2) is 0 Å². The third-order valence-electron chi connectivity index (χ3n) is 8.57. The van der Waals surface area contributed by atoms with Crippen molar-refractivity contribution < 1.29 is 15.3 Å². The van der Waals surface area contributed by atoms with Crippen LogP contribution in [0.15, 0.2) is 24.5 Å². The number of rotatable bonds is 1. The minimum Gasteiger partial charge on any atom is -0.516 e. The molecule has 0 aromatic carbocycles. The topological polar surface area (TPSA) is 60.7 Å². The zero-order chi connectivity index (χ0) is 17.2. The van der Waals surface area contributed by atoms with Crippen molar-refractivity contribution in [3.05, 3.63) is 24.5 Å². The zero-order valence-electron chi connectivity index (χ0n) is 15.0. The Morgan fingerprint density at radius 3 is 2.67 bits per heavy atom. The summed E-state index contributed by atoms with van der Waals surface area (Å²) in [4.78, 5) is 0.